The van der Waals surface area contributed by atoms with E-state index in [9.17, 15) is 22.8 Å². The van der Waals surface area contributed by atoms with Crippen LogP contribution in [0, 0.1) is 5.92 Å². The van der Waals surface area contributed by atoms with E-state index in [1.54, 1.807) is 5.32 Å². The minimum atomic E-state index is -4.46. The molecule has 2 amide bonds. The van der Waals surface area contributed by atoms with Crippen molar-refractivity contribution < 1.29 is 27.9 Å². The molecule has 0 spiro atoms. The maximum absolute atomic E-state index is 12.0. The summed E-state index contributed by atoms with van der Waals surface area (Å²) < 4.78 is 35.9. The molecule has 1 fully saturated rings. The van der Waals surface area contributed by atoms with Crippen molar-refractivity contribution in [2.45, 2.75) is 37.9 Å². The maximum atomic E-state index is 12.0. The first-order chi connectivity index (χ1) is 8.29. The van der Waals surface area contributed by atoms with Gasteiger partial charge < -0.3 is 15.7 Å². The van der Waals surface area contributed by atoms with Gasteiger partial charge >= 0.3 is 12.3 Å². The summed E-state index contributed by atoms with van der Waals surface area (Å²) in [7, 11) is 0. The molecule has 1 saturated carbocycles. The molecule has 1 rings (SSSR count). The van der Waals surface area contributed by atoms with Crippen LogP contribution in [0.2, 0.25) is 0 Å². The van der Waals surface area contributed by atoms with Crippen molar-refractivity contribution in [3.63, 3.8) is 0 Å². The molecule has 5 nitrogen and oxygen atoms in total. The minimum Gasteiger partial charge on any atom is -0.465 e. The summed E-state index contributed by atoms with van der Waals surface area (Å²) in [6.07, 6.45) is -3.39. The third-order valence-corrected chi connectivity index (χ3v) is 2.87. The highest BCUT2D eigenvalue weighted by Crippen LogP contribution is 2.25. The lowest BCUT2D eigenvalue weighted by atomic mass is 9.84. The molecule has 2 atom stereocenters. The van der Waals surface area contributed by atoms with Gasteiger partial charge in [-0.1, -0.05) is 12.8 Å². The average molecular weight is 268 g/mol. The van der Waals surface area contributed by atoms with E-state index in [0.717, 1.165) is 6.42 Å². The van der Waals surface area contributed by atoms with Crippen LogP contribution in [0.5, 0.6) is 0 Å². The van der Waals surface area contributed by atoms with E-state index in [1.807, 2.05) is 0 Å². The van der Waals surface area contributed by atoms with E-state index in [1.165, 1.54) is 0 Å². The molecule has 8 heteroatoms. The van der Waals surface area contributed by atoms with Gasteiger partial charge in [0.15, 0.2) is 0 Å². The lowest BCUT2D eigenvalue weighted by Gasteiger charge is -2.30. The number of alkyl halides is 3. The van der Waals surface area contributed by atoms with Gasteiger partial charge in [-0.2, -0.15) is 13.2 Å². The molecule has 104 valence electrons. The topological polar surface area (TPSA) is 78.4 Å². The van der Waals surface area contributed by atoms with Crippen LogP contribution in [-0.2, 0) is 4.79 Å². The molecule has 1 aliphatic carbocycles. The van der Waals surface area contributed by atoms with Crippen molar-refractivity contribution in [3.8, 4) is 0 Å². The first kappa shape index (κ1) is 14.6. The van der Waals surface area contributed by atoms with E-state index >= 15 is 0 Å². The van der Waals surface area contributed by atoms with Gasteiger partial charge in [0.1, 0.15) is 6.54 Å². The van der Waals surface area contributed by atoms with E-state index in [0.29, 0.717) is 19.3 Å². The Hall–Kier alpha value is -1.47. The van der Waals surface area contributed by atoms with Crippen LogP contribution < -0.4 is 10.6 Å². The highest BCUT2D eigenvalue weighted by atomic mass is 19.4. The Bertz CT molecular complexity index is 320. The summed E-state index contributed by atoms with van der Waals surface area (Å²) in [5.41, 5.74) is 0. The van der Waals surface area contributed by atoms with Gasteiger partial charge in [0.2, 0.25) is 5.91 Å². The Kier molecular flexibility index (Phi) is 4.80. The van der Waals surface area contributed by atoms with Gasteiger partial charge in [-0.15, -0.1) is 0 Å². The smallest absolute Gasteiger partial charge is 0.405 e. The predicted molar refractivity (Wildman–Crippen MR) is 56.0 cm³/mol. The number of rotatable bonds is 3. The fraction of sp³-hybridized carbons (Fsp3) is 0.800. The number of nitrogens with one attached hydrogen (secondary N) is 2. The molecular formula is C10H15F3N2O3. The van der Waals surface area contributed by atoms with Crippen molar-refractivity contribution in [2.75, 3.05) is 6.54 Å². The summed E-state index contributed by atoms with van der Waals surface area (Å²) in [6, 6.07) is -0.607. The third-order valence-electron chi connectivity index (χ3n) is 2.87. The molecule has 0 heterocycles. The van der Waals surface area contributed by atoms with Crippen molar-refractivity contribution in [2.24, 2.45) is 5.92 Å². The van der Waals surface area contributed by atoms with Crippen LogP contribution in [-0.4, -0.2) is 35.9 Å². The summed E-state index contributed by atoms with van der Waals surface area (Å²) >= 11 is 0. The SMILES string of the molecule is O=C(O)NC1CCCCC1C(=O)NCC(F)(F)F. The second kappa shape index (κ2) is 5.92. The van der Waals surface area contributed by atoms with E-state index in [-0.39, 0.29) is 0 Å². The van der Waals surface area contributed by atoms with Gasteiger partial charge in [0.25, 0.3) is 0 Å². The summed E-state index contributed by atoms with van der Waals surface area (Å²) in [4.78, 5) is 22.1. The Morgan fingerprint density at radius 3 is 2.39 bits per heavy atom. The van der Waals surface area contributed by atoms with Crippen LogP contribution in [0.1, 0.15) is 25.7 Å². The Balaban J connectivity index is 2.54. The van der Waals surface area contributed by atoms with Gasteiger partial charge in [-0.25, -0.2) is 4.79 Å². The van der Waals surface area contributed by atoms with Gasteiger partial charge in [-0.3, -0.25) is 4.79 Å². The van der Waals surface area contributed by atoms with Crippen LogP contribution in [0.4, 0.5) is 18.0 Å². The molecule has 2 unspecified atom stereocenters. The number of carboxylic acid groups (broad SMARTS) is 1. The molecule has 0 aromatic carbocycles. The Labute approximate surface area is 102 Å². The van der Waals surface area contributed by atoms with E-state index in [4.69, 9.17) is 5.11 Å². The fourth-order valence-electron chi connectivity index (χ4n) is 2.09. The first-order valence-electron chi connectivity index (χ1n) is 5.63. The summed E-state index contributed by atoms with van der Waals surface area (Å²) in [5.74, 6) is -1.47. The van der Waals surface area contributed by atoms with Crippen LogP contribution >= 0.6 is 0 Å². The maximum Gasteiger partial charge on any atom is 0.405 e. The zero-order valence-corrected chi connectivity index (χ0v) is 9.59. The number of carbonyl (C=O) groups excluding carboxylic acids is 1. The van der Waals surface area contributed by atoms with Crippen molar-refractivity contribution in [1.82, 2.24) is 10.6 Å². The normalized spacial score (nSPS) is 24.4. The summed E-state index contributed by atoms with van der Waals surface area (Å²) in [6.45, 7) is -1.39. The quantitative estimate of drug-likeness (QED) is 0.725. The number of amides is 2. The number of halogens is 3. The lowest BCUT2D eigenvalue weighted by Crippen LogP contribution is -2.49. The Morgan fingerprint density at radius 2 is 1.83 bits per heavy atom. The van der Waals surface area contributed by atoms with Crippen LogP contribution in [0.15, 0.2) is 0 Å². The second-order valence-electron chi connectivity index (χ2n) is 4.28. The van der Waals surface area contributed by atoms with Gasteiger partial charge in [-0.05, 0) is 12.8 Å². The zero-order chi connectivity index (χ0) is 13.8. The molecule has 3 N–H and O–H groups in total. The second-order valence-corrected chi connectivity index (χ2v) is 4.28. The van der Waals surface area contributed by atoms with E-state index in [2.05, 4.69) is 5.32 Å². The fourth-order valence-corrected chi connectivity index (χ4v) is 2.09. The highest BCUT2D eigenvalue weighted by molar-refractivity contribution is 5.80. The number of carbonyl (C=O) groups is 2. The van der Waals surface area contributed by atoms with E-state index < -0.39 is 36.7 Å². The molecule has 0 bridgehead atoms. The Morgan fingerprint density at radius 1 is 1.22 bits per heavy atom. The first-order valence-corrected chi connectivity index (χ1v) is 5.63. The minimum absolute atomic E-state index is 0.397. The largest absolute Gasteiger partial charge is 0.465 e. The monoisotopic (exact) mass is 268 g/mol. The average Bonchev–Trinajstić information content (AvgIpc) is 2.25. The van der Waals surface area contributed by atoms with Crippen molar-refractivity contribution in [3.05, 3.63) is 0 Å². The van der Waals surface area contributed by atoms with Crippen LogP contribution in [0.3, 0.4) is 0 Å². The third kappa shape index (κ3) is 4.80. The lowest BCUT2D eigenvalue weighted by molar-refractivity contribution is -0.141. The predicted octanol–water partition coefficient (Wildman–Crippen LogP) is 1.49. The molecule has 1 aliphatic rings. The molecule has 0 aromatic rings. The standard InChI is InChI=1S/C10H15F3N2O3/c11-10(12,13)5-14-8(16)6-3-1-2-4-7(6)15-9(17)18/h6-7,15H,1-5H2,(H,14,16)(H,17,18). The molecule has 0 radical (unpaired) electrons. The zero-order valence-electron chi connectivity index (χ0n) is 9.59. The van der Waals surface area contributed by atoms with Crippen molar-refractivity contribution >= 4 is 12.0 Å². The molecular weight excluding hydrogens is 253 g/mol. The summed E-state index contributed by atoms with van der Waals surface area (Å²) in [5, 5.41) is 12.6. The number of hydrogen-bond donors (Lipinski definition) is 3. The van der Waals surface area contributed by atoms with Gasteiger partial charge in [0.05, 0.1) is 5.92 Å². The molecule has 0 saturated heterocycles. The van der Waals surface area contributed by atoms with Gasteiger partial charge in [0, 0.05) is 6.04 Å². The van der Waals surface area contributed by atoms with Crippen LogP contribution in [0.25, 0.3) is 0 Å². The molecule has 0 aliphatic heterocycles. The van der Waals surface area contributed by atoms with Crippen molar-refractivity contribution in [1.29, 1.82) is 0 Å². The molecule has 0 aromatic heterocycles. The number of hydrogen-bond acceptors (Lipinski definition) is 2. The highest BCUT2D eigenvalue weighted by Gasteiger charge is 2.34. The molecule has 18 heavy (non-hydrogen) atoms.